The van der Waals surface area contributed by atoms with Crippen LogP contribution in [0.25, 0.3) is 0 Å². The van der Waals surface area contributed by atoms with Gasteiger partial charge in [0, 0.05) is 42.6 Å². The van der Waals surface area contributed by atoms with Crippen LogP contribution in [0, 0.1) is 5.92 Å². The summed E-state index contributed by atoms with van der Waals surface area (Å²) in [6.07, 6.45) is 5.73. The lowest BCUT2D eigenvalue weighted by Crippen LogP contribution is -2.37. The number of carbonyl (C=O) groups excluding carboxylic acids is 2. The van der Waals surface area contributed by atoms with E-state index in [1.54, 1.807) is 29.4 Å². The van der Waals surface area contributed by atoms with Crippen LogP contribution in [0.2, 0.25) is 5.02 Å². The summed E-state index contributed by atoms with van der Waals surface area (Å²) in [5.74, 6) is -0.222. The predicted molar refractivity (Wildman–Crippen MR) is 99.8 cm³/mol. The van der Waals surface area contributed by atoms with Crippen molar-refractivity contribution >= 4 is 29.1 Å². The summed E-state index contributed by atoms with van der Waals surface area (Å²) in [5, 5.41) is 0.630. The number of rotatable bonds is 3. The second-order valence-corrected chi connectivity index (χ2v) is 7.29. The van der Waals surface area contributed by atoms with Crippen molar-refractivity contribution in [3.63, 3.8) is 0 Å². The monoisotopic (exact) mass is 369 g/mol. The van der Waals surface area contributed by atoms with Crippen LogP contribution in [0.4, 0.5) is 5.69 Å². The Hall–Kier alpha value is -2.40. The average Bonchev–Trinajstić information content (AvgIpc) is 3.30. The minimum absolute atomic E-state index is 0.00895. The molecule has 2 aliphatic rings. The van der Waals surface area contributed by atoms with E-state index in [0.29, 0.717) is 11.6 Å². The zero-order valence-electron chi connectivity index (χ0n) is 14.3. The zero-order chi connectivity index (χ0) is 18.1. The van der Waals surface area contributed by atoms with Crippen molar-refractivity contribution in [2.24, 2.45) is 5.92 Å². The Labute approximate surface area is 157 Å². The van der Waals surface area contributed by atoms with Gasteiger partial charge in [-0.2, -0.15) is 0 Å². The molecule has 0 radical (unpaired) electrons. The minimum Gasteiger partial charge on any atom is -0.335 e. The molecule has 0 spiro atoms. The molecule has 0 saturated carbocycles. The standard InChI is InChI=1S/C20H20ClN3O2/c21-16-3-5-17(6-4-16)24-13-15(12-19(24)25)20(26)23-11-1-2-18(23)14-7-9-22-10-8-14/h3-10,15,18H,1-2,11-13H2. The Bertz CT molecular complexity index is 810. The molecule has 26 heavy (non-hydrogen) atoms. The smallest absolute Gasteiger partial charge is 0.228 e. The average molecular weight is 370 g/mol. The highest BCUT2D eigenvalue weighted by Crippen LogP contribution is 2.35. The summed E-state index contributed by atoms with van der Waals surface area (Å²) in [4.78, 5) is 33.3. The Balaban J connectivity index is 1.50. The number of aromatic nitrogens is 1. The maximum atomic E-state index is 13.1. The first-order chi connectivity index (χ1) is 12.6. The molecule has 5 nitrogen and oxygen atoms in total. The quantitative estimate of drug-likeness (QED) is 0.832. The summed E-state index contributed by atoms with van der Waals surface area (Å²) in [5.41, 5.74) is 1.91. The van der Waals surface area contributed by atoms with Gasteiger partial charge in [0.2, 0.25) is 11.8 Å². The molecular weight excluding hydrogens is 350 g/mol. The van der Waals surface area contributed by atoms with Crippen molar-refractivity contribution in [3.05, 3.63) is 59.4 Å². The first-order valence-corrected chi connectivity index (χ1v) is 9.27. The third kappa shape index (κ3) is 3.19. The van der Waals surface area contributed by atoms with Crippen LogP contribution in [-0.2, 0) is 9.59 Å². The van der Waals surface area contributed by atoms with Gasteiger partial charge in [-0.05, 0) is 54.8 Å². The van der Waals surface area contributed by atoms with Gasteiger partial charge in [0.1, 0.15) is 0 Å². The molecule has 2 unspecified atom stereocenters. The topological polar surface area (TPSA) is 53.5 Å². The highest BCUT2D eigenvalue weighted by atomic mass is 35.5. The van der Waals surface area contributed by atoms with Gasteiger partial charge >= 0.3 is 0 Å². The number of likely N-dealkylation sites (tertiary alicyclic amines) is 1. The number of pyridine rings is 1. The SMILES string of the molecule is O=C1CC(C(=O)N2CCCC2c2ccncc2)CN1c1ccc(Cl)cc1. The van der Waals surface area contributed by atoms with E-state index in [4.69, 9.17) is 11.6 Å². The fourth-order valence-electron chi connectivity index (χ4n) is 3.94. The number of carbonyl (C=O) groups is 2. The van der Waals surface area contributed by atoms with Crippen LogP contribution in [0.5, 0.6) is 0 Å². The van der Waals surface area contributed by atoms with E-state index in [9.17, 15) is 9.59 Å². The maximum absolute atomic E-state index is 13.1. The molecule has 4 rings (SSSR count). The first kappa shape index (κ1) is 17.0. The molecule has 2 atom stereocenters. The molecule has 0 bridgehead atoms. The lowest BCUT2D eigenvalue weighted by atomic mass is 10.0. The van der Waals surface area contributed by atoms with Crippen LogP contribution in [0.15, 0.2) is 48.8 Å². The highest BCUT2D eigenvalue weighted by molar-refractivity contribution is 6.30. The molecule has 2 saturated heterocycles. The lowest BCUT2D eigenvalue weighted by molar-refractivity contribution is -0.136. The molecule has 1 aromatic carbocycles. The van der Waals surface area contributed by atoms with Gasteiger partial charge in [-0.1, -0.05) is 11.6 Å². The molecule has 3 heterocycles. The number of benzene rings is 1. The molecule has 2 aliphatic heterocycles. The summed E-state index contributed by atoms with van der Waals surface area (Å²) in [7, 11) is 0. The fraction of sp³-hybridized carbons (Fsp3) is 0.350. The van der Waals surface area contributed by atoms with E-state index >= 15 is 0 Å². The van der Waals surface area contributed by atoms with Gasteiger partial charge in [-0.25, -0.2) is 0 Å². The van der Waals surface area contributed by atoms with E-state index in [1.165, 1.54) is 0 Å². The molecule has 2 aromatic rings. The van der Waals surface area contributed by atoms with Crippen molar-refractivity contribution in [2.75, 3.05) is 18.0 Å². The van der Waals surface area contributed by atoms with Gasteiger partial charge in [0.05, 0.1) is 12.0 Å². The number of anilines is 1. The van der Waals surface area contributed by atoms with Crippen LogP contribution in [0.3, 0.4) is 0 Å². The second-order valence-electron chi connectivity index (χ2n) is 6.85. The van der Waals surface area contributed by atoms with Crippen molar-refractivity contribution in [2.45, 2.75) is 25.3 Å². The van der Waals surface area contributed by atoms with E-state index in [1.807, 2.05) is 29.2 Å². The lowest BCUT2D eigenvalue weighted by Gasteiger charge is -2.27. The summed E-state index contributed by atoms with van der Waals surface area (Å²) < 4.78 is 0. The van der Waals surface area contributed by atoms with E-state index in [0.717, 1.165) is 30.6 Å². The number of amides is 2. The molecule has 0 N–H and O–H groups in total. The third-order valence-electron chi connectivity index (χ3n) is 5.24. The molecule has 2 fully saturated rings. The fourth-order valence-corrected chi connectivity index (χ4v) is 4.07. The Morgan fingerprint density at radius 1 is 1.12 bits per heavy atom. The highest BCUT2D eigenvalue weighted by Gasteiger charge is 2.40. The van der Waals surface area contributed by atoms with Crippen LogP contribution in [-0.4, -0.2) is 34.8 Å². The maximum Gasteiger partial charge on any atom is 0.228 e. The third-order valence-corrected chi connectivity index (χ3v) is 5.49. The van der Waals surface area contributed by atoms with Gasteiger partial charge < -0.3 is 9.80 Å². The first-order valence-electron chi connectivity index (χ1n) is 8.90. The van der Waals surface area contributed by atoms with E-state index in [2.05, 4.69) is 4.98 Å². The Morgan fingerprint density at radius 3 is 2.58 bits per heavy atom. The number of nitrogens with zero attached hydrogens (tertiary/aromatic N) is 3. The number of hydrogen-bond acceptors (Lipinski definition) is 3. The largest absolute Gasteiger partial charge is 0.335 e. The minimum atomic E-state index is -0.291. The van der Waals surface area contributed by atoms with Crippen molar-refractivity contribution < 1.29 is 9.59 Å². The predicted octanol–water partition coefficient (Wildman–Crippen LogP) is 3.45. The van der Waals surface area contributed by atoms with Crippen LogP contribution < -0.4 is 4.90 Å². The van der Waals surface area contributed by atoms with Crippen LogP contribution >= 0.6 is 11.6 Å². The normalized spacial score (nSPS) is 22.9. The second kappa shape index (κ2) is 7.08. The Kier molecular flexibility index (Phi) is 4.64. The molecule has 2 amide bonds. The summed E-state index contributed by atoms with van der Waals surface area (Å²) >= 11 is 5.93. The van der Waals surface area contributed by atoms with Crippen molar-refractivity contribution in [1.29, 1.82) is 0 Å². The number of halogens is 1. The molecule has 1 aromatic heterocycles. The molecule has 134 valence electrons. The zero-order valence-corrected chi connectivity index (χ0v) is 15.1. The number of hydrogen-bond donors (Lipinski definition) is 0. The molecule has 6 heteroatoms. The summed E-state index contributed by atoms with van der Waals surface area (Å²) in [6, 6.07) is 11.2. The van der Waals surface area contributed by atoms with Gasteiger partial charge in [-0.15, -0.1) is 0 Å². The Morgan fingerprint density at radius 2 is 1.85 bits per heavy atom. The molecule has 0 aliphatic carbocycles. The van der Waals surface area contributed by atoms with Gasteiger partial charge in [-0.3, -0.25) is 14.6 Å². The van der Waals surface area contributed by atoms with E-state index in [-0.39, 0.29) is 30.2 Å². The summed E-state index contributed by atoms with van der Waals surface area (Å²) in [6.45, 7) is 1.18. The van der Waals surface area contributed by atoms with Crippen molar-refractivity contribution in [1.82, 2.24) is 9.88 Å². The van der Waals surface area contributed by atoms with Crippen LogP contribution in [0.1, 0.15) is 30.9 Å². The van der Waals surface area contributed by atoms with E-state index < -0.39 is 0 Å². The van der Waals surface area contributed by atoms with Gasteiger partial charge in [0.15, 0.2) is 0 Å². The van der Waals surface area contributed by atoms with Gasteiger partial charge in [0.25, 0.3) is 0 Å². The van der Waals surface area contributed by atoms with Crippen molar-refractivity contribution in [3.8, 4) is 0 Å². The molecular formula is C20H20ClN3O2.